The summed E-state index contributed by atoms with van der Waals surface area (Å²) in [6, 6.07) is 3.10. The minimum atomic E-state index is -0.889. The fourth-order valence-corrected chi connectivity index (χ4v) is 1.50. The number of nitrogens with zero attached hydrogens (tertiary/aromatic N) is 1. The fourth-order valence-electron chi connectivity index (χ4n) is 1.30. The number of halogens is 1. The first-order valence-corrected chi connectivity index (χ1v) is 5.09. The van der Waals surface area contributed by atoms with E-state index in [4.69, 9.17) is 17.3 Å². The minimum Gasteiger partial charge on any atom is -0.468 e. The zero-order chi connectivity index (χ0) is 13.0. The van der Waals surface area contributed by atoms with Gasteiger partial charge in [0.15, 0.2) is 0 Å². The molecule has 0 saturated carbocycles. The van der Waals surface area contributed by atoms with E-state index in [1.807, 2.05) is 0 Å². The summed E-state index contributed by atoms with van der Waals surface area (Å²) in [4.78, 5) is 21.2. The van der Waals surface area contributed by atoms with Crippen LogP contribution in [0.1, 0.15) is 5.56 Å². The van der Waals surface area contributed by atoms with Crippen LogP contribution in [0.5, 0.6) is 0 Å². The van der Waals surface area contributed by atoms with Gasteiger partial charge in [-0.2, -0.15) is 0 Å². The standard InChI is InChI=1S/C10H11ClN2O4/c1-17-10(14)9(12)5-6-4-7(13(15)16)2-3-8(6)11/h2-4,9H,5,12H2,1H3/t9-/m1/s1. The molecule has 92 valence electrons. The van der Waals surface area contributed by atoms with Gasteiger partial charge < -0.3 is 10.5 Å². The predicted octanol–water partition coefficient (Wildman–Crippen LogP) is 1.29. The van der Waals surface area contributed by atoms with E-state index in [1.54, 1.807) is 0 Å². The summed E-state index contributed by atoms with van der Waals surface area (Å²) in [5, 5.41) is 10.9. The van der Waals surface area contributed by atoms with E-state index in [1.165, 1.54) is 25.3 Å². The topological polar surface area (TPSA) is 95.5 Å². The Kier molecular flexibility index (Phi) is 4.42. The Balaban J connectivity index is 2.93. The first-order valence-electron chi connectivity index (χ1n) is 4.72. The molecule has 1 atom stereocenters. The van der Waals surface area contributed by atoms with Crippen LogP contribution < -0.4 is 5.73 Å². The van der Waals surface area contributed by atoms with Crippen LogP contribution in [-0.2, 0) is 16.0 Å². The quantitative estimate of drug-likeness (QED) is 0.499. The number of esters is 1. The first kappa shape index (κ1) is 13.4. The molecule has 0 bridgehead atoms. The van der Waals surface area contributed by atoms with Gasteiger partial charge >= 0.3 is 5.97 Å². The molecule has 0 saturated heterocycles. The minimum absolute atomic E-state index is 0.0905. The molecule has 2 N–H and O–H groups in total. The van der Waals surface area contributed by atoms with Crippen molar-refractivity contribution in [2.24, 2.45) is 5.73 Å². The number of rotatable bonds is 4. The van der Waals surface area contributed by atoms with Gasteiger partial charge in [0.1, 0.15) is 6.04 Å². The van der Waals surface area contributed by atoms with Crippen LogP contribution >= 0.6 is 11.6 Å². The van der Waals surface area contributed by atoms with E-state index >= 15 is 0 Å². The number of hydrogen-bond acceptors (Lipinski definition) is 5. The number of non-ortho nitro benzene ring substituents is 1. The highest BCUT2D eigenvalue weighted by Crippen LogP contribution is 2.23. The highest BCUT2D eigenvalue weighted by Gasteiger charge is 2.18. The van der Waals surface area contributed by atoms with Gasteiger partial charge in [-0.25, -0.2) is 0 Å². The second-order valence-electron chi connectivity index (χ2n) is 3.37. The number of nitro benzene ring substituents is 1. The van der Waals surface area contributed by atoms with Gasteiger partial charge in [0.2, 0.25) is 0 Å². The van der Waals surface area contributed by atoms with Crippen molar-refractivity contribution in [1.29, 1.82) is 0 Å². The number of hydrogen-bond donors (Lipinski definition) is 1. The monoisotopic (exact) mass is 258 g/mol. The lowest BCUT2D eigenvalue weighted by molar-refractivity contribution is -0.384. The molecule has 1 aromatic rings. The molecule has 17 heavy (non-hydrogen) atoms. The van der Waals surface area contributed by atoms with Crippen molar-refractivity contribution >= 4 is 23.3 Å². The van der Waals surface area contributed by atoms with Crippen molar-refractivity contribution in [1.82, 2.24) is 0 Å². The maximum Gasteiger partial charge on any atom is 0.322 e. The van der Waals surface area contributed by atoms with Crippen molar-refractivity contribution in [2.45, 2.75) is 12.5 Å². The van der Waals surface area contributed by atoms with Gasteiger partial charge in [0.25, 0.3) is 5.69 Å². The first-order chi connectivity index (χ1) is 7.95. The summed E-state index contributed by atoms with van der Waals surface area (Å²) in [7, 11) is 1.22. The molecular formula is C10H11ClN2O4. The van der Waals surface area contributed by atoms with Gasteiger partial charge in [0, 0.05) is 17.2 Å². The van der Waals surface area contributed by atoms with Crippen LogP contribution in [0.15, 0.2) is 18.2 Å². The Labute approximate surface area is 102 Å². The maximum absolute atomic E-state index is 11.1. The average Bonchev–Trinajstić information content (AvgIpc) is 2.30. The number of nitrogens with two attached hydrogens (primary N) is 1. The molecule has 0 fully saturated rings. The Bertz CT molecular complexity index is 450. The Hall–Kier alpha value is -1.66. The van der Waals surface area contributed by atoms with E-state index in [9.17, 15) is 14.9 Å². The van der Waals surface area contributed by atoms with E-state index in [-0.39, 0.29) is 12.1 Å². The number of nitro groups is 1. The van der Waals surface area contributed by atoms with E-state index in [0.717, 1.165) is 0 Å². The summed E-state index contributed by atoms with van der Waals surface area (Å²) in [6.07, 6.45) is 0.0905. The molecule has 6 nitrogen and oxygen atoms in total. The Morgan fingerprint density at radius 3 is 2.82 bits per heavy atom. The van der Waals surface area contributed by atoms with Gasteiger partial charge in [-0.15, -0.1) is 0 Å². The van der Waals surface area contributed by atoms with Crippen molar-refractivity contribution < 1.29 is 14.5 Å². The van der Waals surface area contributed by atoms with Crippen LogP contribution in [-0.4, -0.2) is 24.0 Å². The summed E-state index contributed by atoms with van der Waals surface area (Å²) in [6.45, 7) is 0. The number of methoxy groups -OCH3 is 1. The lowest BCUT2D eigenvalue weighted by Gasteiger charge is -2.10. The van der Waals surface area contributed by atoms with Crippen LogP contribution in [0.25, 0.3) is 0 Å². The predicted molar refractivity (Wildman–Crippen MR) is 61.8 cm³/mol. The molecule has 0 radical (unpaired) electrons. The van der Waals surface area contributed by atoms with Crippen molar-refractivity contribution in [3.63, 3.8) is 0 Å². The molecule has 0 aliphatic carbocycles. The Morgan fingerprint density at radius 1 is 1.65 bits per heavy atom. The van der Waals surface area contributed by atoms with Crippen molar-refractivity contribution in [3.8, 4) is 0 Å². The number of ether oxygens (including phenoxy) is 1. The van der Waals surface area contributed by atoms with Gasteiger partial charge in [-0.05, 0) is 18.1 Å². The van der Waals surface area contributed by atoms with E-state index in [0.29, 0.717) is 10.6 Å². The lowest BCUT2D eigenvalue weighted by Crippen LogP contribution is -2.33. The third-order valence-electron chi connectivity index (χ3n) is 2.18. The van der Waals surface area contributed by atoms with Gasteiger partial charge in [0.05, 0.1) is 12.0 Å². The van der Waals surface area contributed by atoms with Crippen molar-refractivity contribution in [2.75, 3.05) is 7.11 Å². The molecule has 1 rings (SSSR count). The number of carbonyl (C=O) groups is 1. The molecule has 0 amide bonds. The van der Waals surface area contributed by atoms with Crippen LogP contribution in [0.3, 0.4) is 0 Å². The lowest BCUT2D eigenvalue weighted by atomic mass is 10.1. The second kappa shape index (κ2) is 5.60. The van der Waals surface area contributed by atoms with Crippen LogP contribution in [0.4, 0.5) is 5.69 Å². The molecule has 0 unspecified atom stereocenters. The zero-order valence-corrected chi connectivity index (χ0v) is 9.81. The van der Waals surface area contributed by atoms with E-state index < -0.39 is 16.9 Å². The molecule has 0 aromatic heterocycles. The summed E-state index contributed by atoms with van der Waals surface area (Å²) in [5.74, 6) is -0.590. The highest BCUT2D eigenvalue weighted by molar-refractivity contribution is 6.31. The van der Waals surface area contributed by atoms with Gasteiger partial charge in [-0.1, -0.05) is 11.6 Å². The highest BCUT2D eigenvalue weighted by atomic mass is 35.5. The number of benzene rings is 1. The van der Waals surface area contributed by atoms with Gasteiger partial charge in [-0.3, -0.25) is 14.9 Å². The molecule has 7 heteroatoms. The second-order valence-corrected chi connectivity index (χ2v) is 3.77. The SMILES string of the molecule is COC(=O)[C@H](N)Cc1cc([N+](=O)[O-])ccc1Cl. The molecule has 0 heterocycles. The smallest absolute Gasteiger partial charge is 0.322 e. The largest absolute Gasteiger partial charge is 0.468 e. The summed E-state index contributed by atoms with van der Waals surface area (Å²) in [5.41, 5.74) is 5.90. The average molecular weight is 259 g/mol. The summed E-state index contributed by atoms with van der Waals surface area (Å²) < 4.78 is 4.46. The number of carbonyl (C=O) groups excluding carboxylic acids is 1. The normalized spacial score (nSPS) is 11.9. The summed E-state index contributed by atoms with van der Waals surface area (Å²) >= 11 is 5.86. The molecule has 0 aliphatic rings. The molecule has 0 aliphatic heterocycles. The third-order valence-corrected chi connectivity index (χ3v) is 2.55. The van der Waals surface area contributed by atoms with Crippen LogP contribution in [0.2, 0.25) is 5.02 Å². The molecule has 0 spiro atoms. The molecule has 1 aromatic carbocycles. The molecular weight excluding hydrogens is 248 g/mol. The maximum atomic E-state index is 11.1. The van der Waals surface area contributed by atoms with Crippen molar-refractivity contribution in [3.05, 3.63) is 38.9 Å². The van der Waals surface area contributed by atoms with Crippen LogP contribution in [0, 0.1) is 10.1 Å². The third kappa shape index (κ3) is 3.40. The Morgan fingerprint density at radius 2 is 2.29 bits per heavy atom. The zero-order valence-electron chi connectivity index (χ0n) is 9.05. The van der Waals surface area contributed by atoms with E-state index in [2.05, 4.69) is 4.74 Å². The fraction of sp³-hybridized carbons (Fsp3) is 0.300.